The Balaban J connectivity index is 2.60. The summed E-state index contributed by atoms with van der Waals surface area (Å²) in [6.45, 7) is 1.40. The highest BCUT2D eigenvalue weighted by Crippen LogP contribution is 2.27. The number of allylic oxidation sites excluding steroid dienone is 1. The van der Waals surface area contributed by atoms with Gasteiger partial charge in [-0.15, -0.1) is 0 Å². The maximum absolute atomic E-state index is 13.5. The number of rotatable bonds is 3. The predicted molar refractivity (Wildman–Crippen MR) is 65.5 cm³/mol. The third-order valence-electron chi connectivity index (χ3n) is 2.64. The van der Waals surface area contributed by atoms with Crippen LogP contribution in [0, 0.1) is 15.9 Å². The summed E-state index contributed by atoms with van der Waals surface area (Å²) in [5.74, 6) is -0.371. The number of benzene rings is 1. The van der Waals surface area contributed by atoms with Crippen LogP contribution in [0.4, 0.5) is 4.39 Å². The average molecular weight is 250 g/mol. The molecular weight excluding hydrogens is 239 g/mol. The number of hydrogen-bond acceptors (Lipinski definition) is 3. The predicted octanol–water partition coefficient (Wildman–Crippen LogP) is 2.95. The van der Waals surface area contributed by atoms with E-state index in [4.69, 9.17) is 4.74 Å². The van der Waals surface area contributed by atoms with Crippen LogP contribution in [0.2, 0.25) is 0 Å². The molecule has 5 nitrogen and oxygen atoms in total. The van der Waals surface area contributed by atoms with E-state index in [1.807, 2.05) is 0 Å². The molecule has 0 aliphatic rings. The van der Waals surface area contributed by atoms with Crippen molar-refractivity contribution in [1.82, 2.24) is 4.98 Å². The van der Waals surface area contributed by atoms with Gasteiger partial charge in [-0.05, 0) is 6.07 Å². The fourth-order valence-corrected chi connectivity index (χ4v) is 1.70. The zero-order valence-electron chi connectivity index (χ0n) is 9.86. The van der Waals surface area contributed by atoms with E-state index in [9.17, 15) is 14.5 Å². The fraction of sp³-hybridized carbons (Fsp3) is 0.167. The van der Waals surface area contributed by atoms with Gasteiger partial charge in [-0.3, -0.25) is 10.1 Å². The van der Waals surface area contributed by atoms with Gasteiger partial charge < -0.3 is 9.72 Å². The van der Waals surface area contributed by atoms with Crippen LogP contribution in [-0.2, 0) is 0 Å². The molecule has 1 heterocycles. The normalized spacial score (nSPS) is 11.8. The second-order valence-corrected chi connectivity index (χ2v) is 3.82. The molecule has 0 aliphatic heterocycles. The number of halogens is 1. The molecule has 94 valence electrons. The molecule has 0 bridgehead atoms. The molecule has 0 saturated carbocycles. The van der Waals surface area contributed by atoms with Gasteiger partial charge in [-0.25, -0.2) is 4.39 Å². The lowest BCUT2D eigenvalue weighted by atomic mass is 10.1. The van der Waals surface area contributed by atoms with Gasteiger partial charge in [0, 0.05) is 41.7 Å². The van der Waals surface area contributed by atoms with Gasteiger partial charge in [-0.1, -0.05) is 0 Å². The quantitative estimate of drug-likeness (QED) is 0.672. The standard InChI is InChI=1S/C12H11FN2O3/c1-7(15(16)17)3-8-6-14-11-5-10(13)12(18-2)4-9(8)11/h3-6,14H,1-2H3/b7-3+. The minimum atomic E-state index is -0.478. The van der Waals surface area contributed by atoms with Crippen LogP contribution in [-0.4, -0.2) is 17.0 Å². The van der Waals surface area contributed by atoms with Crippen LogP contribution >= 0.6 is 0 Å². The number of H-pyrrole nitrogens is 1. The highest BCUT2D eigenvalue weighted by Gasteiger charge is 2.11. The Kier molecular flexibility index (Phi) is 3.01. The molecule has 0 saturated heterocycles. The van der Waals surface area contributed by atoms with Crippen LogP contribution in [0.15, 0.2) is 24.0 Å². The van der Waals surface area contributed by atoms with E-state index in [1.54, 1.807) is 6.20 Å². The van der Waals surface area contributed by atoms with Crippen molar-refractivity contribution in [2.45, 2.75) is 6.92 Å². The number of fused-ring (bicyclic) bond motifs is 1. The fourth-order valence-electron chi connectivity index (χ4n) is 1.70. The van der Waals surface area contributed by atoms with Crippen molar-refractivity contribution in [2.75, 3.05) is 7.11 Å². The summed E-state index contributed by atoms with van der Waals surface area (Å²) in [7, 11) is 1.37. The summed E-state index contributed by atoms with van der Waals surface area (Å²) < 4.78 is 18.3. The number of nitrogens with zero attached hydrogens (tertiary/aromatic N) is 1. The molecule has 0 radical (unpaired) electrons. The number of aromatic amines is 1. The molecular formula is C12H11FN2O3. The zero-order chi connectivity index (χ0) is 13.3. The number of nitrogens with one attached hydrogen (secondary N) is 1. The van der Waals surface area contributed by atoms with Crippen LogP contribution in [0.5, 0.6) is 5.75 Å². The van der Waals surface area contributed by atoms with Gasteiger partial charge >= 0.3 is 0 Å². The van der Waals surface area contributed by atoms with Crippen molar-refractivity contribution in [3.63, 3.8) is 0 Å². The van der Waals surface area contributed by atoms with E-state index in [2.05, 4.69) is 4.98 Å². The molecule has 1 aromatic heterocycles. The average Bonchev–Trinajstić information content (AvgIpc) is 2.70. The van der Waals surface area contributed by atoms with Crippen molar-refractivity contribution in [2.24, 2.45) is 0 Å². The van der Waals surface area contributed by atoms with Crippen molar-refractivity contribution < 1.29 is 14.1 Å². The lowest BCUT2D eigenvalue weighted by molar-refractivity contribution is -0.422. The van der Waals surface area contributed by atoms with Crippen LogP contribution in [0.25, 0.3) is 17.0 Å². The Labute approximate surface area is 102 Å². The number of ether oxygens (including phenoxy) is 1. The summed E-state index contributed by atoms with van der Waals surface area (Å²) in [5, 5.41) is 11.3. The molecule has 2 rings (SSSR count). The summed E-state index contributed by atoms with van der Waals surface area (Å²) in [6.07, 6.45) is 3.02. The van der Waals surface area contributed by atoms with Crippen LogP contribution in [0.1, 0.15) is 12.5 Å². The first kappa shape index (κ1) is 12.1. The topological polar surface area (TPSA) is 68.2 Å². The molecule has 1 N–H and O–H groups in total. The minimum absolute atomic E-state index is 0.0131. The first-order chi connectivity index (χ1) is 8.52. The summed E-state index contributed by atoms with van der Waals surface area (Å²) in [5.41, 5.74) is 1.20. The number of aromatic nitrogens is 1. The lowest BCUT2D eigenvalue weighted by Crippen LogP contribution is -1.92. The van der Waals surface area contributed by atoms with Crippen molar-refractivity contribution in [3.05, 3.63) is 45.5 Å². The summed E-state index contributed by atoms with van der Waals surface area (Å²) in [4.78, 5) is 13.0. The first-order valence-electron chi connectivity index (χ1n) is 5.20. The second-order valence-electron chi connectivity index (χ2n) is 3.82. The molecule has 0 fully saturated rings. The third-order valence-corrected chi connectivity index (χ3v) is 2.64. The van der Waals surface area contributed by atoms with E-state index in [0.29, 0.717) is 16.5 Å². The maximum Gasteiger partial charge on any atom is 0.243 e. The highest BCUT2D eigenvalue weighted by molar-refractivity contribution is 5.90. The van der Waals surface area contributed by atoms with Crippen molar-refractivity contribution in [1.29, 1.82) is 0 Å². The molecule has 2 aromatic rings. The Morgan fingerprint density at radius 1 is 1.56 bits per heavy atom. The van der Waals surface area contributed by atoms with E-state index < -0.39 is 10.7 Å². The van der Waals surface area contributed by atoms with Crippen LogP contribution in [0.3, 0.4) is 0 Å². The van der Waals surface area contributed by atoms with Crippen molar-refractivity contribution >= 4 is 17.0 Å². The number of methoxy groups -OCH3 is 1. The summed E-state index contributed by atoms with van der Waals surface area (Å²) in [6, 6.07) is 2.81. The van der Waals surface area contributed by atoms with Crippen LogP contribution < -0.4 is 4.74 Å². The van der Waals surface area contributed by atoms with Gasteiger partial charge in [0.15, 0.2) is 11.6 Å². The van der Waals surface area contributed by atoms with E-state index >= 15 is 0 Å². The Morgan fingerprint density at radius 3 is 2.89 bits per heavy atom. The maximum atomic E-state index is 13.5. The molecule has 0 amide bonds. The molecule has 0 aliphatic carbocycles. The third kappa shape index (κ3) is 2.04. The molecule has 18 heavy (non-hydrogen) atoms. The van der Waals surface area contributed by atoms with Crippen molar-refractivity contribution in [3.8, 4) is 5.75 Å². The van der Waals surface area contributed by atoms with Gasteiger partial charge in [0.1, 0.15) is 0 Å². The molecule has 1 aromatic carbocycles. The Morgan fingerprint density at radius 2 is 2.28 bits per heavy atom. The monoisotopic (exact) mass is 250 g/mol. The number of nitro groups is 1. The van der Waals surface area contributed by atoms with E-state index in [0.717, 1.165) is 0 Å². The largest absolute Gasteiger partial charge is 0.494 e. The minimum Gasteiger partial charge on any atom is -0.494 e. The number of hydrogen-bond donors (Lipinski definition) is 1. The SMILES string of the molecule is COc1cc2c(/C=C(\C)[N+](=O)[O-])c[nH]c2cc1F. The first-order valence-corrected chi connectivity index (χ1v) is 5.20. The Bertz CT molecular complexity index is 646. The highest BCUT2D eigenvalue weighted by atomic mass is 19.1. The molecule has 6 heteroatoms. The molecule has 0 atom stereocenters. The summed E-state index contributed by atoms with van der Waals surface area (Å²) >= 11 is 0. The second kappa shape index (κ2) is 4.48. The van der Waals surface area contributed by atoms with Gasteiger partial charge in [0.25, 0.3) is 0 Å². The van der Waals surface area contributed by atoms with Gasteiger partial charge in [0.2, 0.25) is 5.70 Å². The molecule has 0 spiro atoms. The Hall–Kier alpha value is -2.37. The molecule has 0 unspecified atom stereocenters. The van der Waals surface area contributed by atoms with Gasteiger partial charge in [-0.2, -0.15) is 0 Å². The van der Waals surface area contributed by atoms with E-state index in [1.165, 1.54) is 32.2 Å². The van der Waals surface area contributed by atoms with E-state index in [-0.39, 0.29) is 11.4 Å². The smallest absolute Gasteiger partial charge is 0.243 e. The van der Waals surface area contributed by atoms with Gasteiger partial charge in [0.05, 0.1) is 12.0 Å². The zero-order valence-corrected chi connectivity index (χ0v) is 9.86. The lowest BCUT2D eigenvalue weighted by Gasteiger charge is -2.01.